The highest BCUT2D eigenvalue weighted by atomic mass is 35.5. The minimum atomic E-state index is -4.68. The van der Waals surface area contributed by atoms with E-state index in [2.05, 4.69) is 10.3 Å². The highest BCUT2D eigenvalue weighted by Crippen LogP contribution is 2.37. The van der Waals surface area contributed by atoms with Gasteiger partial charge in [-0.3, -0.25) is 9.78 Å². The summed E-state index contributed by atoms with van der Waals surface area (Å²) in [5, 5.41) is 12.6. The molecule has 1 amide bonds. The molecule has 0 radical (unpaired) electrons. The Hall–Kier alpha value is -3.48. The lowest BCUT2D eigenvalue weighted by atomic mass is 10.00. The highest BCUT2D eigenvalue weighted by molar-refractivity contribution is 7.91. The molecule has 13 heteroatoms. The van der Waals surface area contributed by atoms with Crippen LogP contribution >= 0.6 is 11.6 Å². The van der Waals surface area contributed by atoms with Crippen molar-refractivity contribution in [1.29, 1.82) is 0 Å². The number of nitrogens with zero attached hydrogens (tertiary/aromatic N) is 1. The van der Waals surface area contributed by atoms with E-state index < -0.39 is 46.8 Å². The summed E-state index contributed by atoms with van der Waals surface area (Å²) in [6.07, 6.45) is -3.90. The number of rotatable bonds is 9. The molecule has 0 aliphatic carbocycles. The zero-order valence-electron chi connectivity index (χ0n) is 20.9. The lowest BCUT2D eigenvalue weighted by Crippen LogP contribution is -2.31. The standard InChI is InChI=1S/C27H23ClF4N2O5S/c1-2-40(37,38)18-6-8-22(33-13-18)23(14-35)34-26(36)16-4-7-19-20(12-29)25(39-24(19)10-16)9-15-3-5-17(28)11-21(15)27(30,31)32/h3-8,10-11,13,23,35H,2,9,12,14H2,1H3,(H,34,36)/t23-/m0/s1. The van der Waals surface area contributed by atoms with E-state index in [1.54, 1.807) is 0 Å². The zero-order valence-corrected chi connectivity index (χ0v) is 22.5. The number of benzene rings is 2. The van der Waals surface area contributed by atoms with Crippen LogP contribution in [0.25, 0.3) is 11.0 Å². The first-order valence-corrected chi connectivity index (χ1v) is 14.0. The molecule has 0 aliphatic heterocycles. The van der Waals surface area contributed by atoms with E-state index >= 15 is 0 Å². The maximum absolute atomic E-state index is 14.0. The van der Waals surface area contributed by atoms with Gasteiger partial charge in [-0.05, 0) is 48.0 Å². The topological polar surface area (TPSA) is 110 Å². The first-order valence-electron chi connectivity index (χ1n) is 11.9. The number of pyridine rings is 1. The molecule has 4 rings (SSSR count). The van der Waals surface area contributed by atoms with E-state index in [1.165, 1.54) is 49.4 Å². The van der Waals surface area contributed by atoms with Crippen molar-refractivity contribution in [3.8, 4) is 0 Å². The van der Waals surface area contributed by atoms with Crippen molar-refractivity contribution in [2.45, 2.75) is 37.1 Å². The zero-order chi connectivity index (χ0) is 29.2. The molecule has 2 aromatic heterocycles. The number of sulfone groups is 1. The Morgan fingerprint density at radius 2 is 1.90 bits per heavy atom. The summed E-state index contributed by atoms with van der Waals surface area (Å²) < 4.78 is 84.3. The van der Waals surface area contributed by atoms with Crippen LogP contribution in [0.15, 0.2) is 64.0 Å². The van der Waals surface area contributed by atoms with Gasteiger partial charge in [0.15, 0.2) is 9.84 Å². The number of carbonyl (C=O) groups excluding carboxylic acids is 1. The van der Waals surface area contributed by atoms with Crippen LogP contribution in [0.1, 0.15) is 51.5 Å². The molecule has 1 atom stereocenters. The fraction of sp³-hybridized carbons (Fsp3) is 0.259. The number of carbonyl (C=O) groups is 1. The summed E-state index contributed by atoms with van der Waals surface area (Å²) in [5.74, 6) is -0.786. The summed E-state index contributed by atoms with van der Waals surface area (Å²) in [6.45, 7) is -0.0575. The van der Waals surface area contributed by atoms with Gasteiger partial charge < -0.3 is 14.8 Å². The van der Waals surface area contributed by atoms with Crippen LogP contribution in [-0.2, 0) is 29.1 Å². The molecule has 2 N–H and O–H groups in total. The molecule has 0 saturated carbocycles. The maximum atomic E-state index is 14.0. The van der Waals surface area contributed by atoms with Gasteiger partial charge in [-0.2, -0.15) is 13.2 Å². The molecule has 0 fully saturated rings. The van der Waals surface area contributed by atoms with Crippen molar-refractivity contribution in [3.05, 3.63) is 93.5 Å². The van der Waals surface area contributed by atoms with Gasteiger partial charge in [-0.15, -0.1) is 0 Å². The van der Waals surface area contributed by atoms with E-state index in [0.29, 0.717) is 5.39 Å². The van der Waals surface area contributed by atoms with Gasteiger partial charge in [0.05, 0.1) is 34.6 Å². The molecular formula is C27H23ClF4N2O5S. The summed E-state index contributed by atoms with van der Waals surface area (Å²) in [4.78, 5) is 17.0. The Labute approximate surface area is 231 Å². The fourth-order valence-corrected chi connectivity index (χ4v) is 5.17. The minimum Gasteiger partial charge on any atom is -0.460 e. The monoisotopic (exact) mass is 598 g/mol. The maximum Gasteiger partial charge on any atom is 0.416 e. The van der Waals surface area contributed by atoms with Crippen molar-refractivity contribution < 1.29 is 40.3 Å². The molecule has 0 saturated heterocycles. The first kappa shape index (κ1) is 29.5. The normalized spacial score (nSPS) is 13.0. The van der Waals surface area contributed by atoms with Crippen LogP contribution in [0.3, 0.4) is 0 Å². The van der Waals surface area contributed by atoms with Crippen LogP contribution in [0.2, 0.25) is 5.02 Å². The molecule has 0 spiro atoms. The molecule has 212 valence electrons. The molecule has 0 unspecified atom stereocenters. The van der Waals surface area contributed by atoms with Crippen LogP contribution in [0.4, 0.5) is 17.6 Å². The van der Waals surface area contributed by atoms with Gasteiger partial charge in [-0.25, -0.2) is 12.8 Å². The summed E-state index contributed by atoms with van der Waals surface area (Å²) in [5.41, 5.74) is -0.677. The number of furan rings is 1. The number of aromatic nitrogens is 1. The van der Waals surface area contributed by atoms with E-state index in [0.717, 1.165) is 12.3 Å². The van der Waals surface area contributed by atoms with Gasteiger partial charge in [0.1, 0.15) is 18.0 Å². The lowest BCUT2D eigenvalue weighted by Gasteiger charge is -2.16. The third kappa shape index (κ3) is 6.13. The summed E-state index contributed by atoms with van der Waals surface area (Å²) in [7, 11) is -3.48. The predicted octanol–water partition coefficient (Wildman–Crippen LogP) is 5.82. The number of halogens is 5. The van der Waals surface area contributed by atoms with Crippen LogP contribution in [0, 0.1) is 0 Å². The molecule has 2 aromatic carbocycles. The average Bonchev–Trinajstić information content (AvgIpc) is 3.28. The smallest absolute Gasteiger partial charge is 0.416 e. The van der Waals surface area contributed by atoms with Crippen molar-refractivity contribution in [2.75, 3.05) is 12.4 Å². The number of amides is 1. The van der Waals surface area contributed by atoms with Crippen molar-refractivity contribution in [3.63, 3.8) is 0 Å². The second-order valence-electron chi connectivity index (χ2n) is 8.86. The van der Waals surface area contributed by atoms with Crippen LogP contribution in [0.5, 0.6) is 0 Å². The van der Waals surface area contributed by atoms with Crippen LogP contribution in [-0.4, -0.2) is 36.8 Å². The molecule has 7 nitrogen and oxygen atoms in total. The van der Waals surface area contributed by atoms with Crippen LogP contribution < -0.4 is 5.32 Å². The van der Waals surface area contributed by atoms with Crippen molar-refractivity contribution in [1.82, 2.24) is 10.3 Å². The largest absolute Gasteiger partial charge is 0.460 e. The summed E-state index contributed by atoms with van der Waals surface area (Å²) >= 11 is 5.75. The van der Waals surface area contributed by atoms with Gasteiger partial charge in [-0.1, -0.05) is 24.6 Å². The molecule has 4 aromatic rings. The fourth-order valence-electron chi connectivity index (χ4n) is 4.17. The van der Waals surface area contributed by atoms with Crippen molar-refractivity contribution >= 4 is 38.3 Å². The number of nitrogens with one attached hydrogen (secondary N) is 1. The minimum absolute atomic E-state index is 0.00506. The van der Waals surface area contributed by atoms with E-state index in [4.69, 9.17) is 16.0 Å². The van der Waals surface area contributed by atoms with Gasteiger partial charge in [0, 0.05) is 34.2 Å². The SMILES string of the molecule is CCS(=O)(=O)c1ccc([C@H](CO)NC(=O)c2ccc3c(CF)c(Cc4ccc(Cl)cc4C(F)(F)F)oc3c2)nc1. The Morgan fingerprint density at radius 3 is 2.50 bits per heavy atom. The number of fused-ring (bicyclic) bond motifs is 1. The number of hydrogen-bond donors (Lipinski definition) is 2. The lowest BCUT2D eigenvalue weighted by molar-refractivity contribution is -0.138. The second-order valence-corrected chi connectivity index (χ2v) is 11.6. The number of aliphatic hydroxyl groups excluding tert-OH is 1. The highest BCUT2D eigenvalue weighted by Gasteiger charge is 2.34. The molecule has 2 heterocycles. The Balaban J connectivity index is 1.60. The molecule has 0 bridgehead atoms. The van der Waals surface area contributed by atoms with E-state index in [-0.39, 0.29) is 55.8 Å². The van der Waals surface area contributed by atoms with E-state index in [1.807, 2.05) is 0 Å². The number of hydrogen-bond acceptors (Lipinski definition) is 6. The Kier molecular flexibility index (Phi) is 8.52. The van der Waals surface area contributed by atoms with E-state index in [9.17, 15) is 35.9 Å². The third-order valence-electron chi connectivity index (χ3n) is 6.34. The molecule has 0 aliphatic rings. The van der Waals surface area contributed by atoms with Gasteiger partial charge >= 0.3 is 6.18 Å². The number of aliphatic hydroxyl groups is 1. The Bertz CT molecular complexity index is 1650. The molecule has 40 heavy (non-hydrogen) atoms. The molecular weight excluding hydrogens is 576 g/mol. The number of alkyl halides is 4. The Morgan fingerprint density at radius 1 is 1.15 bits per heavy atom. The van der Waals surface area contributed by atoms with Gasteiger partial charge in [0.2, 0.25) is 0 Å². The second kappa shape index (κ2) is 11.6. The quantitative estimate of drug-likeness (QED) is 0.235. The summed E-state index contributed by atoms with van der Waals surface area (Å²) in [6, 6.07) is 9.16. The predicted molar refractivity (Wildman–Crippen MR) is 140 cm³/mol. The average molecular weight is 599 g/mol. The first-order chi connectivity index (χ1) is 18.9. The van der Waals surface area contributed by atoms with Gasteiger partial charge in [0.25, 0.3) is 5.91 Å². The third-order valence-corrected chi connectivity index (χ3v) is 8.30. The van der Waals surface area contributed by atoms with Crippen molar-refractivity contribution in [2.24, 2.45) is 0 Å².